The Balaban J connectivity index is 2.75. The summed E-state index contributed by atoms with van der Waals surface area (Å²) in [6.07, 6.45) is 1.93. The van der Waals surface area contributed by atoms with Crippen molar-refractivity contribution in [3.8, 4) is 0 Å². The summed E-state index contributed by atoms with van der Waals surface area (Å²) in [6.45, 7) is 0. The highest BCUT2D eigenvalue weighted by atomic mass is 35.5. The van der Waals surface area contributed by atoms with Crippen LogP contribution in [0.3, 0.4) is 0 Å². The SMILES string of the molecule is CSc1nc2c(Cl)nc(Cl)cc2[nH]1. The zero-order chi connectivity index (χ0) is 9.42. The van der Waals surface area contributed by atoms with Crippen molar-refractivity contribution in [1.29, 1.82) is 0 Å². The Morgan fingerprint density at radius 3 is 2.85 bits per heavy atom. The minimum Gasteiger partial charge on any atom is -0.333 e. The van der Waals surface area contributed by atoms with Gasteiger partial charge in [0.15, 0.2) is 10.3 Å². The molecule has 68 valence electrons. The average Bonchev–Trinajstić information content (AvgIpc) is 2.47. The molecule has 0 fully saturated rings. The highest BCUT2D eigenvalue weighted by molar-refractivity contribution is 7.98. The van der Waals surface area contributed by atoms with Gasteiger partial charge in [0.2, 0.25) is 0 Å². The fourth-order valence-corrected chi connectivity index (χ4v) is 1.89. The van der Waals surface area contributed by atoms with Crippen molar-refractivity contribution in [2.75, 3.05) is 6.26 Å². The van der Waals surface area contributed by atoms with Crippen molar-refractivity contribution < 1.29 is 0 Å². The molecule has 0 saturated carbocycles. The molecule has 0 saturated heterocycles. The van der Waals surface area contributed by atoms with Crippen LogP contribution >= 0.6 is 35.0 Å². The zero-order valence-electron chi connectivity index (χ0n) is 6.64. The molecule has 3 nitrogen and oxygen atoms in total. The number of pyridine rings is 1. The molecule has 0 radical (unpaired) electrons. The third kappa shape index (κ3) is 1.61. The first kappa shape index (κ1) is 9.12. The molecule has 2 aromatic rings. The number of nitrogens with one attached hydrogen (secondary N) is 1. The van der Waals surface area contributed by atoms with Gasteiger partial charge in [0.1, 0.15) is 10.7 Å². The number of aromatic nitrogens is 3. The maximum Gasteiger partial charge on any atom is 0.166 e. The molecule has 0 aliphatic rings. The lowest BCUT2D eigenvalue weighted by Gasteiger charge is -1.91. The lowest BCUT2D eigenvalue weighted by molar-refractivity contribution is 1.08. The minimum atomic E-state index is 0.332. The fourth-order valence-electron chi connectivity index (χ4n) is 1.02. The molecule has 13 heavy (non-hydrogen) atoms. The molecule has 1 N–H and O–H groups in total. The molecular weight excluding hydrogens is 229 g/mol. The van der Waals surface area contributed by atoms with Crippen LogP contribution in [0.5, 0.6) is 0 Å². The van der Waals surface area contributed by atoms with Crippen LogP contribution in [0.1, 0.15) is 0 Å². The predicted octanol–water partition coefficient (Wildman–Crippen LogP) is 2.99. The first-order valence-electron chi connectivity index (χ1n) is 3.46. The molecule has 0 aliphatic carbocycles. The first-order chi connectivity index (χ1) is 6.20. The van der Waals surface area contributed by atoms with E-state index in [0.717, 1.165) is 10.7 Å². The Morgan fingerprint density at radius 2 is 2.15 bits per heavy atom. The largest absolute Gasteiger partial charge is 0.333 e. The molecule has 0 unspecified atom stereocenters. The molecule has 0 bridgehead atoms. The fraction of sp³-hybridized carbons (Fsp3) is 0.143. The predicted molar refractivity (Wildman–Crippen MR) is 55.7 cm³/mol. The van der Waals surface area contributed by atoms with E-state index in [0.29, 0.717) is 15.8 Å². The van der Waals surface area contributed by atoms with Crippen molar-refractivity contribution in [3.63, 3.8) is 0 Å². The molecule has 2 aromatic heterocycles. The van der Waals surface area contributed by atoms with Crippen LogP contribution in [0.25, 0.3) is 11.0 Å². The maximum absolute atomic E-state index is 5.85. The summed E-state index contributed by atoms with van der Waals surface area (Å²) in [6, 6.07) is 1.70. The van der Waals surface area contributed by atoms with Gasteiger partial charge in [0.25, 0.3) is 0 Å². The number of fused-ring (bicyclic) bond motifs is 1. The van der Waals surface area contributed by atoms with Gasteiger partial charge >= 0.3 is 0 Å². The van der Waals surface area contributed by atoms with Crippen LogP contribution < -0.4 is 0 Å². The van der Waals surface area contributed by atoms with E-state index in [2.05, 4.69) is 15.0 Å². The van der Waals surface area contributed by atoms with Crippen LogP contribution in [0.2, 0.25) is 10.3 Å². The summed E-state index contributed by atoms with van der Waals surface area (Å²) in [4.78, 5) is 11.2. The van der Waals surface area contributed by atoms with E-state index in [1.165, 1.54) is 11.8 Å². The average molecular weight is 234 g/mol. The number of thioether (sulfide) groups is 1. The van der Waals surface area contributed by atoms with E-state index in [-0.39, 0.29) is 0 Å². The van der Waals surface area contributed by atoms with E-state index in [9.17, 15) is 0 Å². The number of hydrogen-bond donors (Lipinski definition) is 1. The Labute approximate surface area is 88.9 Å². The van der Waals surface area contributed by atoms with Crippen molar-refractivity contribution in [2.45, 2.75) is 5.16 Å². The van der Waals surface area contributed by atoms with Gasteiger partial charge in [-0.1, -0.05) is 35.0 Å². The maximum atomic E-state index is 5.85. The molecule has 0 amide bonds. The second kappa shape index (κ2) is 3.36. The van der Waals surface area contributed by atoms with Gasteiger partial charge < -0.3 is 4.98 Å². The second-order valence-electron chi connectivity index (χ2n) is 2.38. The van der Waals surface area contributed by atoms with E-state index >= 15 is 0 Å². The first-order valence-corrected chi connectivity index (χ1v) is 5.44. The molecule has 2 rings (SSSR count). The van der Waals surface area contributed by atoms with Gasteiger partial charge in [-0.25, -0.2) is 9.97 Å². The third-order valence-corrected chi connectivity index (χ3v) is 2.60. The van der Waals surface area contributed by atoms with Crippen LogP contribution in [0, 0.1) is 0 Å². The Morgan fingerprint density at radius 1 is 1.38 bits per heavy atom. The number of aromatic amines is 1. The van der Waals surface area contributed by atoms with Gasteiger partial charge in [-0.3, -0.25) is 0 Å². The standard InChI is InChI=1S/C7H5Cl2N3S/c1-13-7-10-3-2-4(8)11-6(9)5(3)12-7/h2H,1H3,(H,10,12). The number of H-pyrrole nitrogens is 1. The van der Waals surface area contributed by atoms with Crippen LogP contribution in [-0.2, 0) is 0 Å². The highest BCUT2D eigenvalue weighted by Crippen LogP contribution is 2.24. The molecule has 2 heterocycles. The van der Waals surface area contributed by atoms with Crippen LogP contribution in [0.4, 0.5) is 0 Å². The number of nitrogens with zero attached hydrogens (tertiary/aromatic N) is 2. The number of imidazole rings is 1. The highest BCUT2D eigenvalue weighted by Gasteiger charge is 2.07. The lowest BCUT2D eigenvalue weighted by atomic mass is 10.4. The zero-order valence-corrected chi connectivity index (χ0v) is 8.96. The molecule has 0 aliphatic heterocycles. The topological polar surface area (TPSA) is 41.6 Å². The van der Waals surface area contributed by atoms with Crippen LogP contribution in [-0.4, -0.2) is 21.2 Å². The van der Waals surface area contributed by atoms with Gasteiger partial charge in [-0.05, 0) is 6.26 Å². The summed E-state index contributed by atoms with van der Waals surface area (Å²) in [5.74, 6) is 0. The smallest absolute Gasteiger partial charge is 0.166 e. The molecule has 6 heteroatoms. The van der Waals surface area contributed by atoms with Crippen molar-refractivity contribution in [2.24, 2.45) is 0 Å². The van der Waals surface area contributed by atoms with Crippen molar-refractivity contribution >= 4 is 46.0 Å². The normalized spacial score (nSPS) is 11.0. The number of halogens is 2. The van der Waals surface area contributed by atoms with Gasteiger partial charge in [0, 0.05) is 6.07 Å². The van der Waals surface area contributed by atoms with E-state index in [1.54, 1.807) is 6.07 Å². The molecule has 0 spiro atoms. The summed E-state index contributed by atoms with van der Waals surface area (Å²) in [5.41, 5.74) is 1.48. The van der Waals surface area contributed by atoms with E-state index in [4.69, 9.17) is 23.2 Å². The lowest BCUT2D eigenvalue weighted by Crippen LogP contribution is -1.78. The second-order valence-corrected chi connectivity index (χ2v) is 3.92. The number of rotatable bonds is 1. The Hall–Kier alpha value is -0.450. The third-order valence-electron chi connectivity index (χ3n) is 1.57. The van der Waals surface area contributed by atoms with Crippen molar-refractivity contribution in [1.82, 2.24) is 15.0 Å². The summed E-state index contributed by atoms with van der Waals surface area (Å²) in [7, 11) is 0. The summed E-state index contributed by atoms with van der Waals surface area (Å²) >= 11 is 13.1. The quantitative estimate of drug-likeness (QED) is 0.609. The van der Waals surface area contributed by atoms with Crippen molar-refractivity contribution in [3.05, 3.63) is 16.4 Å². The Kier molecular flexibility index (Phi) is 2.36. The monoisotopic (exact) mass is 233 g/mol. The summed E-state index contributed by atoms with van der Waals surface area (Å²) in [5, 5.41) is 1.51. The molecule has 0 aromatic carbocycles. The summed E-state index contributed by atoms with van der Waals surface area (Å²) < 4.78 is 0. The molecule has 0 atom stereocenters. The van der Waals surface area contributed by atoms with Crippen LogP contribution in [0.15, 0.2) is 11.2 Å². The molecular formula is C7H5Cl2N3S. The van der Waals surface area contributed by atoms with E-state index in [1.807, 2.05) is 6.26 Å². The number of hydrogen-bond acceptors (Lipinski definition) is 3. The Bertz CT molecular complexity index is 454. The van der Waals surface area contributed by atoms with Gasteiger partial charge in [0.05, 0.1) is 5.52 Å². The van der Waals surface area contributed by atoms with E-state index < -0.39 is 0 Å². The van der Waals surface area contributed by atoms with Gasteiger partial charge in [-0.2, -0.15) is 0 Å². The van der Waals surface area contributed by atoms with Gasteiger partial charge in [-0.15, -0.1) is 0 Å². The minimum absolute atomic E-state index is 0.332.